The quantitative estimate of drug-likeness (QED) is 0.847. The van der Waals surface area contributed by atoms with Crippen LogP contribution in [0.4, 0.5) is 0 Å². The first-order valence-electron chi connectivity index (χ1n) is 8.34. The van der Waals surface area contributed by atoms with E-state index in [1.807, 2.05) is 24.8 Å². The number of hydrogen-bond donors (Lipinski definition) is 0. The lowest BCUT2D eigenvalue weighted by molar-refractivity contribution is 0.0198. The fourth-order valence-corrected chi connectivity index (χ4v) is 3.65. The van der Waals surface area contributed by atoms with Crippen LogP contribution in [-0.4, -0.2) is 49.9 Å². The number of hydrogen-bond acceptors (Lipinski definition) is 6. The molecule has 3 atom stereocenters. The molecule has 2 aliphatic heterocycles. The average Bonchev–Trinajstić information content (AvgIpc) is 3.27. The summed E-state index contributed by atoms with van der Waals surface area (Å²) in [5.74, 6) is 1.50. The van der Waals surface area contributed by atoms with E-state index in [1.54, 1.807) is 11.6 Å². The molecule has 0 spiro atoms. The molecular formula is C16H21N5O3. The molecule has 2 aromatic heterocycles. The van der Waals surface area contributed by atoms with Crippen molar-refractivity contribution in [1.82, 2.24) is 24.8 Å². The standard InChI is InChI=1S/C16H21N5O3/c1-4-21-12(5-9(2)18-21)16(22)20-7-11-6-13(23-14(11)8-20)15-17-10(3)19-24-15/h5,11,13-14H,4,6-8H2,1-3H3/t11-,13-,14+/m0/s1. The van der Waals surface area contributed by atoms with E-state index in [-0.39, 0.29) is 18.1 Å². The van der Waals surface area contributed by atoms with Crippen molar-refractivity contribution >= 4 is 5.91 Å². The van der Waals surface area contributed by atoms with Gasteiger partial charge in [0.25, 0.3) is 11.8 Å². The maximum atomic E-state index is 12.8. The number of carbonyl (C=O) groups excluding carboxylic acids is 1. The molecule has 2 aromatic rings. The summed E-state index contributed by atoms with van der Waals surface area (Å²) in [4.78, 5) is 18.9. The molecule has 128 valence electrons. The number of carbonyl (C=O) groups is 1. The van der Waals surface area contributed by atoms with Gasteiger partial charge in [-0.15, -0.1) is 0 Å². The van der Waals surface area contributed by atoms with Crippen molar-refractivity contribution < 1.29 is 14.1 Å². The summed E-state index contributed by atoms with van der Waals surface area (Å²) < 4.78 is 13.0. The molecule has 24 heavy (non-hydrogen) atoms. The van der Waals surface area contributed by atoms with Crippen LogP contribution < -0.4 is 0 Å². The Morgan fingerprint density at radius 2 is 2.21 bits per heavy atom. The van der Waals surface area contributed by atoms with Gasteiger partial charge < -0.3 is 14.2 Å². The smallest absolute Gasteiger partial charge is 0.272 e. The van der Waals surface area contributed by atoms with Crippen LogP contribution in [-0.2, 0) is 11.3 Å². The second-order valence-electron chi connectivity index (χ2n) is 6.54. The van der Waals surface area contributed by atoms with Crippen LogP contribution in [0.3, 0.4) is 0 Å². The number of likely N-dealkylation sites (tertiary alicyclic amines) is 1. The molecular weight excluding hydrogens is 310 g/mol. The van der Waals surface area contributed by atoms with Gasteiger partial charge in [0, 0.05) is 25.6 Å². The highest BCUT2D eigenvalue weighted by Crippen LogP contribution is 2.40. The zero-order valence-corrected chi connectivity index (χ0v) is 14.1. The highest BCUT2D eigenvalue weighted by atomic mass is 16.5. The Morgan fingerprint density at radius 1 is 1.38 bits per heavy atom. The molecule has 0 aromatic carbocycles. The minimum atomic E-state index is -0.151. The van der Waals surface area contributed by atoms with Crippen molar-refractivity contribution in [2.45, 2.75) is 45.9 Å². The first-order valence-corrected chi connectivity index (χ1v) is 8.34. The van der Waals surface area contributed by atoms with Gasteiger partial charge in [-0.3, -0.25) is 9.48 Å². The number of fused-ring (bicyclic) bond motifs is 1. The molecule has 0 radical (unpaired) electrons. The van der Waals surface area contributed by atoms with Gasteiger partial charge in [-0.2, -0.15) is 10.1 Å². The Balaban J connectivity index is 1.44. The zero-order valence-electron chi connectivity index (χ0n) is 14.1. The van der Waals surface area contributed by atoms with Crippen molar-refractivity contribution in [3.05, 3.63) is 29.2 Å². The van der Waals surface area contributed by atoms with Gasteiger partial charge in [-0.05, 0) is 33.3 Å². The number of rotatable bonds is 3. The molecule has 0 bridgehead atoms. The van der Waals surface area contributed by atoms with Crippen molar-refractivity contribution in [1.29, 1.82) is 0 Å². The average molecular weight is 331 g/mol. The second kappa shape index (κ2) is 5.70. The summed E-state index contributed by atoms with van der Waals surface area (Å²) in [6.07, 6.45) is 0.689. The minimum Gasteiger partial charge on any atom is -0.363 e. The predicted octanol–water partition coefficient (Wildman–Crippen LogP) is 1.51. The van der Waals surface area contributed by atoms with E-state index in [1.165, 1.54) is 0 Å². The zero-order chi connectivity index (χ0) is 16.8. The second-order valence-corrected chi connectivity index (χ2v) is 6.54. The Morgan fingerprint density at radius 3 is 2.88 bits per heavy atom. The van der Waals surface area contributed by atoms with Gasteiger partial charge in [0.2, 0.25) is 0 Å². The van der Waals surface area contributed by atoms with Gasteiger partial charge in [0.05, 0.1) is 11.8 Å². The third kappa shape index (κ3) is 2.50. The molecule has 1 amide bonds. The van der Waals surface area contributed by atoms with E-state index in [9.17, 15) is 4.79 Å². The molecule has 0 unspecified atom stereocenters. The van der Waals surface area contributed by atoms with Gasteiger partial charge in [-0.25, -0.2) is 0 Å². The van der Waals surface area contributed by atoms with Gasteiger partial charge >= 0.3 is 0 Å². The third-order valence-electron chi connectivity index (χ3n) is 4.76. The topological polar surface area (TPSA) is 86.3 Å². The highest BCUT2D eigenvalue weighted by Gasteiger charge is 2.46. The van der Waals surface area contributed by atoms with Crippen molar-refractivity contribution in [3.63, 3.8) is 0 Å². The summed E-state index contributed by atoms with van der Waals surface area (Å²) in [5.41, 5.74) is 1.52. The Bertz CT molecular complexity index is 754. The van der Waals surface area contributed by atoms with Crippen LogP contribution in [0, 0.1) is 19.8 Å². The first-order chi connectivity index (χ1) is 11.5. The molecule has 0 aliphatic carbocycles. The maximum absolute atomic E-state index is 12.8. The van der Waals surface area contributed by atoms with Crippen LogP contribution in [0.2, 0.25) is 0 Å². The molecule has 2 aliphatic rings. The number of ether oxygens (including phenoxy) is 1. The van der Waals surface area contributed by atoms with E-state index >= 15 is 0 Å². The van der Waals surface area contributed by atoms with E-state index < -0.39 is 0 Å². The molecule has 8 heteroatoms. The van der Waals surface area contributed by atoms with E-state index in [0.29, 0.717) is 43.0 Å². The third-order valence-corrected chi connectivity index (χ3v) is 4.76. The monoisotopic (exact) mass is 331 g/mol. The molecule has 4 heterocycles. The molecule has 2 saturated heterocycles. The van der Waals surface area contributed by atoms with E-state index in [2.05, 4.69) is 15.2 Å². The summed E-state index contributed by atoms with van der Waals surface area (Å²) >= 11 is 0. The van der Waals surface area contributed by atoms with Crippen LogP contribution in [0.1, 0.15) is 47.3 Å². The Hall–Kier alpha value is -2.22. The SMILES string of the molecule is CCn1nc(C)cc1C(=O)N1C[C@@H]2C[C@@H](c3nc(C)no3)O[C@@H]2C1. The lowest BCUT2D eigenvalue weighted by atomic mass is 10.0. The largest absolute Gasteiger partial charge is 0.363 e. The van der Waals surface area contributed by atoms with E-state index in [4.69, 9.17) is 9.26 Å². The fourth-order valence-electron chi connectivity index (χ4n) is 3.65. The summed E-state index contributed by atoms with van der Waals surface area (Å²) in [5, 5.41) is 8.18. The highest BCUT2D eigenvalue weighted by molar-refractivity contribution is 5.93. The molecule has 0 saturated carbocycles. The van der Waals surface area contributed by atoms with Crippen molar-refractivity contribution in [3.8, 4) is 0 Å². The minimum absolute atomic E-state index is 0.0284. The lowest BCUT2D eigenvalue weighted by Crippen LogP contribution is -2.32. The van der Waals surface area contributed by atoms with E-state index in [0.717, 1.165) is 12.1 Å². The normalized spacial score (nSPS) is 26.1. The summed E-state index contributed by atoms with van der Waals surface area (Å²) in [6.45, 7) is 7.67. The Labute approximate surface area is 139 Å². The van der Waals surface area contributed by atoms with Crippen LogP contribution in [0.5, 0.6) is 0 Å². The fraction of sp³-hybridized carbons (Fsp3) is 0.625. The van der Waals surface area contributed by atoms with Crippen molar-refractivity contribution in [2.75, 3.05) is 13.1 Å². The number of aromatic nitrogens is 4. The predicted molar refractivity (Wildman–Crippen MR) is 83.3 cm³/mol. The van der Waals surface area contributed by atoms with Gasteiger partial charge in [0.15, 0.2) is 5.82 Å². The number of aryl methyl sites for hydroxylation is 3. The van der Waals surface area contributed by atoms with Crippen molar-refractivity contribution in [2.24, 2.45) is 5.92 Å². The van der Waals surface area contributed by atoms with Crippen LogP contribution in [0.25, 0.3) is 0 Å². The van der Waals surface area contributed by atoms with Crippen LogP contribution in [0.15, 0.2) is 10.6 Å². The van der Waals surface area contributed by atoms with Gasteiger partial charge in [-0.1, -0.05) is 5.16 Å². The van der Waals surface area contributed by atoms with Gasteiger partial charge in [0.1, 0.15) is 11.8 Å². The molecule has 4 rings (SSSR count). The number of nitrogens with zero attached hydrogens (tertiary/aromatic N) is 5. The molecule has 2 fully saturated rings. The first kappa shape index (κ1) is 15.3. The summed E-state index contributed by atoms with van der Waals surface area (Å²) in [7, 11) is 0. The molecule has 0 N–H and O–H groups in total. The maximum Gasteiger partial charge on any atom is 0.272 e. The summed E-state index contributed by atoms with van der Waals surface area (Å²) in [6, 6.07) is 1.85. The molecule has 8 nitrogen and oxygen atoms in total. The number of amides is 1. The Kier molecular flexibility index (Phi) is 3.64. The lowest BCUT2D eigenvalue weighted by Gasteiger charge is -2.18. The van der Waals surface area contributed by atoms with Crippen LogP contribution >= 0.6 is 0 Å².